The molecule has 1 heterocycles. The first-order valence-corrected chi connectivity index (χ1v) is 5.09. The summed E-state index contributed by atoms with van der Waals surface area (Å²) in [7, 11) is 0. The Kier molecular flexibility index (Phi) is 3.17. The fraction of sp³-hybridized carbons (Fsp3) is 0.111. The van der Waals surface area contributed by atoms with E-state index in [1.165, 1.54) is 17.3 Å². The Balaban J connectivity index is 2.45. The molecule has 0 aliphatic carbocycles. The molecular formula is C9H6Cl2N4O. The van der Waals surface area contributed by atoms with E-state index in [9.17, 15) is 4.91 Å². The van der Waals surface area contributed by atoms with Crippen molar-refractivity contribution in [1.82, 2.24) is 14.8 Å². The Morgan fingerprint density at radius 1 is 1.38 bits per heavy atom. The molecule has 2 aromatic rings. The van der Waals surface area contributed by atoms with Crippen molar-refractivity contribution in [3.8, 4) is 0 Å². The minimum Gasteiger partial charge on any atom is -0.223 e. The predicted octanol–water partition coefficient (Wildman–Crippen LogP) is 2.90. The van der Waals surface area contributed by atoms with Gasteiger partial charge in [0.25, 0.3) is 0 Å². The third kappa shape index (κ3) is 2.05. The third-order valence-electron chi connectivity index (χ3n) is 2.03. The van der Waals surface area contributed by atoms with Crippen LogP contribution in [0.4, 0.5) is 0 Å². The molecule has 0 saturated carbocycles. The molecule has 1 atom stereocenters. The molecule has 1 aromatic heterocycles. The van der Waals surface area contributed by atoms with Gasteiger partial charge in [-0.3, -0.25) is 0 Å². The lowest BCUT2D eigenvalue weighted by atomic mass is 10.2. The van der Waals surface area contributed by atoms with Crippen molar-refractivity contribution in [1.29, 1.82) is 0 Å². The minimum atomic E-state index is -0.827. The number of hydrogen-bond acceptors (Lipinski definition) is 4. The number of nitrogens with zero attached hydrogens (tertiary/aromatic N) is 4. The van der Waals surface area contributed by atoms with E-state index in [2.05, 4.69) is 15.3 Å². The zero-order valence-corrected chi connectivity index (χ0v) is 9.43. The van der Waals surface area contributed by atoms with Gasteiger partial charge in [-0.05, 0) is 17.3 Å². The molecular weight excluding hydrogens is 251 g/mol. The standard InChI is InChI=1S/C9H6Cl2N4O/c10-6-1-2-7(8(11)3-6)9(14-16)15-5-12-4-13-15/h1-5,9H. The zero-order valence-electron chi connectivity index (χ0n) is 7.92. The zero-order chi connectivity index (χ0) is 11.5. The van der Waals surface area contributed by atoms with Crippen LogP contribution in [0.25, 0.3) is 0 Å². The van der Waals surface area contributed by atoms with Crippen molar-refractivity contribution in [2.75, 3.05) is 0 Å². The van der Waals surface area contributed by atoms with Gasteiger partial charge in [0, 0.05) is 15.6 Å². The van der Waals surface area contributed by atoms with Crippen LogP contribution in [0.15, 0.2) is 36.0 Å². The number of aromatic nitrogens is 3. The highest BCUT2D eigenvalue weighted by atomic mass is 35.5. The second-order valence-electron chi connectivity index (χ2n) is 3.02. The van der Waals surface area contributed by atoms with Gasteiger partial charge in [0.2, 0.25) is 6.17 Å². The van der Waals surface area contributed by atoms with Gasteiger partial charge in [-0.15, -0.1) is 4.91 Å². The summed E-state index contributed by atoms with van der Waals surface area (Å²) in [5.74, 6) is 0. The van der Waals surface area contributed by atoms with Crippen LogP contribution in [0.5, 0.6) is 0 Å². The van der Waals surface area contributed by atoms with Crippen LogP contribution in [-0.4, -0.2) is 14.8 Å². The first kappa shape index (κ1) is 11.0. The molecule has 0 saturated heterocycles. The van der Waals surface area contributed by atoms with Crippen molar-refractivity contribution in [3.05, 3.63) is 51.4 Å². The molecule has 16 heavy (non-hydrogen) atoms. The number of rotatable bonds is 3. The van der Waals surface area contributed by atoms with E-state index >= 15 is 0 Å². The third-order valence-corrected chi connectivity index (χ3v) is 2.59. The van der Waals surface area contributed by atoms with Crippen LogP contribution in [0.1, 0.15) is 11.7 Å². The summed E-state index contributed by atoms with van der Waals surface area (Å²) < 4.78 is 1.32. The summed E-state index contributed by atoms with van der Waals surface area (Å²) in [4.78, 5) is 14.6. The topological polar surface area (TPSA) is 60.1 Å². The fourth-order valence-corrected chi connectivity index (χ4v) is 1.81. The molecule has 0 N–H and O–H groups in total. The lowest BCUT2D eigenvalue weighted by Crippen LogP contribution is -2.08. The molecule has 0 fully saturated rings. The molecule has 0 aliphatic rings. The van der Waals surface area contributed by atoms with Crippen LogP contribution < -0.4 is 0 Å². The van der Waals surface area contributed by atoms with Gasteiger partial charge in [0.05, 0.1) is 0 Å². The van der Waals surface area contributed by atoms with Gasteiger partial charge in [0.15, 0.2) is 0 Å². The maximum atomic E-state index is 10.8. The van der Waals surface area contributed by atoms with E-state index in [0.29, 0.717) is 15.6 Å². The molecule has 7 heteroatoms. The highest BCUT2D eigenvalue weighted by molar-refractivity contribution is 6.35. The van der Waals surface area contributed by atoms with E-state index in [1.807, 2.05) is 0 Å². The average molecular weight is 257 g/mol. The first-order chi connectivity index (χ1) is 7.72. The van der Waals surface area contributed by atoms with Crippen LogP contribution >= 0.6 is 23.2 Å². The largest absolute Gasteiger partial charge is 0.223 e. The summed E-state index contributed by atoms with van der Waals surface area (Å²) >= 11 is 11.7. The molecule has 0 spiro atoms. The van der Waals surface area contributed by atoms with E-state index in [0.717, 1.165) is 0 Å². The molecule has 0 bridgehead atoms. The summed E-state index contributed by atoms with van der Waals surface area (Å²) in [5, 5.41) is 7.69. The number of benzene rings is 1. The summed E-state index contributed by atoms with van der Waals surface area (Å²) in [6.07, 6.45) is 1.89. The highest BCUT2D eigenvalue weighted by Gasteiger charge is 2.17. The van der Waals surface area contributed by atoms with E-state index < -0.39 is 6.17 Å². The van der Waals surface area contributed by atoms with Gasteiger partial charge >= 0.3 is 0 Å². The Hall–Kier alpha value is -1.46. The average Bonchev–Trinajstić information content (AvgIpc) is 2.75. The number of hydrogen-bond donors (Lipinski definition) is 0. The number of halogens is 2. The Morgan fingerprint density at radius 2 is 2.19 bits per heavy atom. The van der Waals surface area contributed by atoms with Crippen LogP contribution in [0.2, 0.25) is 10.0 Å². The second-order valence-corrected chi connectivity index (χ2v) is 3.86. The molecule has 82 valence electrons. The van der Waals surface area contributed by atoms with Crippen molar-refractivity contribution in [2.45, 2.75) is 6.17 Å². The molecule has 1 aromatic carbocycles. The lowest BCUT2D eigenvalue weighted by molar-refractivity contribution is 0.539. The van der Waals surface area contributed by atoms with E-state index in [4.69, 9.17) is 23.2 Å². The summed E-state index contributed by atoms with van der Waals surface area (Å²) in [5.41, 5.74) is 0.534. The normalized spacial score (nSPS) is 12.4. The quantitative estimate of drug-likeness (QED) is 0.794. The molecule has 0 amide bonds. The number of nitroso groups, excluding NO2 is 1. The van der Waals surface area contributed by atoms with Crippen molar-refractivity contribution in [2.24, 2.45) is 5.18 Å². The minimum absolute atomic E-state index is 0.368. The van der Waals surface area contributed by atoms with Crippen LogP contribution in [-0.2, 0) is 0 Å². The van der Waals surface area contributed by atoms with Crippen molar-refractivity contribution in [3.63, 3.8) is 0 Å². The fourth-order valence-electron chi connectivity index (χ4n) is 1.30. The maximum Gasteiger partial charge on any atom is 0.211 e. The lowest BCUT2D eigenvalue weighted by Gasteiger charge is -2.10. The monoisotopic (exact) mass is 256 g/mol. The molecule has 2 rings (SSSR count). The van der Waals surface area contributed by atoms with Gasteiger partial charge in [-0.25, -0.2) is 9.67 Å². The Labute approximate surface area is 101 Å². The summed E-state index contributed by atoms with van der Waals surface area (Å²) in [6, 6.07) is 4.82. The van der Waals surface area contributed by atoms with E-state index in [1.54, 1.807) is 18.2 Å². The van der Waals surface area contributed by atoms with Crippen molar-refractivity contribution < 1.29 is 0 Å². The van der Waals surface area contributed by atoms with Gasteiger partial charge in [0.1, 0.15) is 12.7 Å². The Morgan fingerprint density at radius 3 is 2.75 bits per heavy atom. The van der Waals surface area contributed by atoms with E-state index in [-0.39, 0.29) is 0 Å². The second kappa shape index (κ2) is 4.59. The molecule has 0 radical (unpaired) electrons. The summed E-state index contributed by atoms with van der Waals surface area (Å²) in [6.45, 7) is 0. The van der Waals surface area contributed by atoms with Crippen molar-refractivity contribution >= 4 is 23.2 Å². The van der Waals surface area contributed by atoms with Crippen LogP contribution in [0, 0.1) is 4.91 Å². The first-order valence-electron chi connectivity index (χ1n) is 4.34. The van der Waals surface area contributed by atoms with Gasteiger partial charge in [-0.1, -0.05) is 29.3 Å². The smallest absolute Gasteiger partial charge is 0.211 e. The molecule has 5 nitrogen and oxygen atoms in total. The predicted molar refractivity (Wildman–Crippen MR) is 60.4 cm³/mol. The maximum absolute atomic E-state index is 10.8. The molecule has 1 unspecified atom stereocenters. The molecule has 0 aliphatic heterocycles. The van der Waals surface area contributed by atoms with Gasteiger partial charge in [-0.2, -0.15) is 5.10 Å². The highest BCUT2D eigenvalue weighted by Crippen LogP contribution is 2.28. The van der Waals surface area contributed by atoms with Crippen LogP contribution in [0.3, 0.4) is 0 Å². The Bertz CT molecular complexity index is 500. The van der Waals surface area contributed by atoms with Gasteiger partial charge < -0.3 is 0 Å². The SMILES string of the molecule is O=NC(c1ccc(Cl)cc1Cl)n1cncn1.